The molecule has 0 saturated carbocycles. The number of nitrogens with one attached hydrogen (secondary N) is 1. The van der Waals surface area contributed by atoms with E-state index in [9.17, 15) is 22.4 Å². The highest BCUT2D eigenvalue weighted by molar-refractivity contribution is 5.85. The lowest BCUT2D eigenvalue weighted by molar-refractivity contribution is -0.154. The highest BCUT2D eigenvalue weighted by Gasteiger charge is 2.30. The molecule has 1 saturated heterocycles. The molecule has 6 nitrogen and oxygen atoms in total. The summed E-state index contributed by atoms with van der Waals surface area (Å²) in [5.74, 6) is -2.19. The topological polar surface area (TPSA) is 63.7 Å². The Labute approximate surface area is 154 Å². The summed E-state index contributed by atoms with van der Waals surface area (Å²) in [6, 6.07) is 0.689. The number of aromatic nitrogens is 1. The second kappa shape index (κ2) is 9.22. The molecular weight excluding hydrogens is 382 g/mol. The van der Waals surface area contributed by atoms with Gasteiger partial charge in [0, 0.05) is 12.1 Å². The number of hydrogen-bond acceptors (Lipinski definition) is 5. The van der Waals surface area contributed by atoms with Gasteiger partial charge in [-0.3, -0.25) is 9.69 Å². The summed E-state index contributed by atoms with van der Waals surface area (Å²) < 4.78 is 59.7. The number of carbonyl (C=O) groups is 1. The predicted octanol–water partition coefficient (Wildman–Crippen LogP) is 2.30. The minimum atomic E-state index is -4.61. The van der Waals surface area contributed by atoms with Gasteiger partial charge in [-0.15, -0.1) is 12.4 Å². The Bertz CT molecular complexity index is 631. The first-order valence-corrected chi connectivity index (χ1v) is 7.62. The maximum atomic E-state index is 13.9. The minimum absolute atomic E-state index is 0. The monoisotopic (exact) mass is 401 g/mol. The summed E-state index contributed by atoms with van der Waals surface area (Å²) in [7, 11) is 3.08. The molecule has 148 valence electrons. The van der Waals surface area contributed by atoms with Crippen molar-refractivity contribution >= 4 is 18.3 Å². The minimum Gasteiger partial charge on any atom is -0.481 e. The average Bonchev–Trinajstić information content (AvgIpc) is 2.96. The van der Waals surface area contributed by atoms with Crippen molar-refractivity contribution in [2.75, 3.05) is 27.3 Å². The first-order valence-electron chi connectivity index (χ1n) is 7.62. The van der Waals surface area contributed by atoms with Crippen molar-refractivity contribution in [1.29, 1.82) is 0 Å². The molecule has 11 heteroatoms. The summed E-state index contributed by atoms with van der Waals surface area (Å²) >= 11 is 0. The van der Waals surface area contributed by atoms with Crippen molar-refractivity contribution in [3.05, 3.63) is 17.4 Å². The average molecular weight is 402 g/mol. The molecule has 1 aliphatic heterocycles. The van der Waals surface area contributed by atoms with Gasteiger partial charge >= 0.3 is 6.18 Å². The Balaban J connectivity index is 0.00000338. The predicted molar refractivity (Wildman–Crippen MR) is 87.0 cm³/mol. The van der Waals surface area contributed by atoms with Gasteiger partial charge in [0.1, 0.15) is 0 Å². The summed E-state index contributed by atoms with van der Waals surface area (Å²) in [5, 5.41) is 2.66. The van der Waals surface area contributed by atoms with Crippen LogP contribution >= 0.6 is 12.4 Å². The van der Waals surface area contributed by atoms with Crippen molar-refractivity contribution in [2.45, 2.75) is 31.6 Å². The zero-order valence-corrected chi connectivity index (χ0v) is 15.0. The molecule has 0 spiro atoms. The lowest BCUT2D eigenvalue weighted by atomic mass is 10.2. The lowest BCUT2D eigenvalue weighted by Gasteiger charge is -2.19. The molecule has 1 N–H and O–H groups in total. The molecule has 1 aromatic heterocycles. The highest BCUT2D eigenvalue weighted by atomic mass is 35.5. The van der Waals surface area contributed by atoms with Crippen LogP contribution in [0.15, 0.2) is 6.07 Å². The fraction of sp³-hybridized carbons (Fsp3) is 0.600. The van der Waals surface area contributed by atoms with Gasteiger partial charge in [0.2, 0.25) is 11.8 Å². The maximum Gasteiger partial charge on any atom is 0.422 e. The third-order valence-corrected chi connectivity index (χ3v) is 3.83. The van der Waals surface area contributed by atoms with Crippen LogP contribution < -0.4 is 14.8 Å². The number of nitrogens with zero attached hydrogens (tertiary/aromatic N) is 2. The first-order chi connectivity index (χ1) is 11.7. The molecule has 0 bridgehead atoms. The van der Waals surface area contributed by atoms with E-state index in [4.69, 9.17) is 4.74 Å². The molecule has 1 fully saturated rings. The summed E-state index contributed by atoms with van der Waals surface area (Å²) in [6.45, 7) is -0.900. The van der Waals surface area contributed by atoms with Gasteiger partial charge in [-0.25, -0.2) is 4.39 Å². The van der Waals surface area contributed by atoms with Crippen LogP contribution in [0.25, 0.3) is 0 Å². The van der Waals surface area contributed by atoms with Gasteiger partial charge in [0.15, 0.2) is 12.4 Å². The first kappa shape index (κ1) is 22.2. The molecule has 2 rings (SSSR count). The molecule has 1 atom stereocenters. The van der Waals surface area contributed by atoms with E-state index in [1.165, 1.54) is 7.11 Å². The molecule has 2 heterocycles. The number of pyridine rings is 1. The number of carbonyl (C=O) groups excluding carboxylic acids is 1. The Kier molecular flexibility index (Phi) is 7.88. The van der Waals surface area contributed by atoms with Crippen LogP contribution in [-0.4, -0.2) is 55.3 Å². The third-order valence-electron chi connectivity index (χ3n) is 3.83. The second-order valence-corrected chi connectivity index (χ2v) is 5.70. The summed E-state index contributed by atoms with van der Waals surface area (Å²) in [4.78, 5) is 17.7. The van der Waals surface area contributed by atoms with Gasteiger partial charge < -0.3 is 14.8 Å². The van der Waals surface area contributed by atoms with Crippen LogP contribution in [0.3, 0.4) is 0 Å². The Hall–Kier alpha value is -1.81. The zero-order valence-electron chi connectivity index (χ0n) is 14.2. The van der Waals surface area contributed by atoms with E-state index in [1.807, 2.05) is 11.9 Å². The zero-order chi connectivity index (χ0) is 18.6. The third kappa shape index (κ3) is 5.87. The number of likely N-dealkylation sites (tertiary alicyclic amines) is 1. The number of ether oxygens (including phenoxy) is 2. The fourth-order valence-corrected chi connectivity index (χ4v) is 2.59. The van der Waals surface area contributed by atoms with E-state index < -0.39 is 24.5 Å². The lowest BCUT2D eigenvalue weighted by Crippen LogP contribution is -2.41. The van der Waals surface area contributed by atoms with Crippen molar-refractivity contribution < 1.29 is 31.8 Å². The van der Waals surface area contributed by atoms with Gasteiger partial charge in [-0.05, 0) is 32.5 Å². The number of halogens is 5. The molecule has 1 aliphatic rings. The van der Waals surface area contributed by atoms with Crippen LogP contribution in [0.1, 0.15) is 18.4 Å². The van der Waals surface area contributed by atoms with Gasteiger partial charge in [-0.1, -0.05) is 0 Å². The molecule has 0 aliphatic carbocycles. The largest absolute Gasteiger partial charge is 0.481 e. The molecule has 1 amide bonds. The van der Waals surface area contributed by atoms with Crippen LogP contribution in [0.5, 0.6) is 11.8 Å². The Morgan fingerprint density at radius 2 is 2.12 bits per heavy atom. The normalized spacial score (nSPS) is 17.5. The number of alkyl halides is 3. The maximum absolute atomic E-state index is 13.9. The van der Waals surface area contributed by atoms with Crippen LogP contribution in [-0.2, 0) is 11.3 Å². The smallest absolute Gasteiger partial charge is 0.422 e. The SMILES string of the molecule is COc1nc(OCC(F)(F)F)c(F)cc1CNC(=O)[C@@H]1CCCN1C.Cl. The number of hydrogen-bond donors (Lipinski definition) is 1. The van der Waals surface area contributed by atoms with Gasteiger partial charge in [-0.2, -0.15) is 18.2 Å². The quantitative estimate of drug-likeness (QED) is 0.741. The summed E-state index contributed by atoms with van der Waals surface area (Å²) in [6.07, 6.45) is -2.96. The van der Waals surface area contributed by atoms with Crippen molar-refractivity contribution in [3.8, 4) is 11.8 Å². The molecule has 26 heavy (non-hydrogen) atoms. The van der Waals surface area contributed by atoms with Crippen molar-refractivity contribution in [2.24, 2.45) is 0 Å². The standard InChI is InChI=1S/C15H19F4N3O3.ClH/c1-22-5-3-4-11(22)12(23)20-7-9-6-10(16)14(21-13(9)24-2)25-8-15(17,18)19;/h6,11H,3-5,7-8H2,1-2H3,(H,20,23);1H/t11-;/m0./s1. The van der Waals surface area contributed by atoms with Crippen molar-refractivity contribution in [1.82, 2.24) is 15.2 Å². The Morgan fingerprint density at radius 1 is 1.42 bits per heavy atom. The molecule has 0 radical (unpaired) electrons. The van der Waals surface area contributed by atoms with E-state index in [0.717, 1.165) is 25.5 Å². The number of methoxy groups -OCH3 is 1. The second-order valence-electron chi connectivity index (χ2n) is 5.70. The van der Waals surface area contributed by atoms with Gasteiger partial charge in [0.25, 0.3) is 5.88 Å². The van der Waals surface area contributed by atoms with E-state index in [0.29, 0.717) is 0 Å². The fourth-order valence-electron chi connectivity index (χ4n) is 2.59. The number of amides is 1. The number of rotatable bonds is 6. The molecule has 1 aromatic rings. The van der Waals surface area contributed by atoms with Crippen LogP contribution in [0.2, 0.25) is 0 Å². The van der Waals surface area contributed by atoms with E-state index in [-0.39, 0.29) is 42.3 Å². The molecular formula is C15H20ClF4N3O3. The van der Waals surface area contributed by atoms with E-state index in [1.54, 1.807) is 0 Å². The number of likely N-dealkylation sites (N-methyl/N-ethyl adjacent to an activating group) is 1. The Morgan fingerprint density at radius 3 is 2.65 bits per heavy atom. The van der Waals surface area contributed by atoms with Crippen LogP contribution in [0, 0.1) is 5.82 Å². The van der Waals surface area contributed by atoms with Crippen LogP contribution in [0.4, 0.5) is 17.6 Å². The van der Waals surface area contributed by atoms with Gasteiger partial charge in [0.05, 0.1) is 13.2 Å². The van der Waals surface area contributed by atoms with E-state index in [2.05, 4.69) is 15.0 Å². The van der Waals surface area contributed by atoms with E-state index >= 15 is 0 Å². The molecule has 0 unspecified atom stereocenters. The highest BCUT2D eigenvalue weighted by Crippen LogP contribution is 2.25. The van der Waals surface area contributed by atoms with Crippen molar-refractivity contribution in [3.63, 3.8) is 0 Å². The summed E-state index contributed by atoms with van der Waals surface area (Å²) in [5.41, 5.74) is 0.202. The molecule has 0 aromatic carbocycles.